The molecule has 0 aromatic heterocycles. The molecule has 0 unspecified atom stereocenters. The summed E-state index contributed by atoms with van der Waals surface area (Å²) in [5.41, 5.74) is -0.323. The van der Waals surface area contributed by atoms with Crippen molar-refractivity contribution in [2.75, 3.05) is 0 Å². The number of carbonyl (C=O) groups excluding carboxylic acids is 3. The molecule has 0 heterocycles. The predicted molar refractivity (Wildman–Crippen MR) is 105 cm³/mol. The molecule has 8 heteroatoms. The lowest BCUT2D eigenvalue weighted by atomic mass is 9.93. The first-order chi connectivity index (χ1) is 12.2. The quantitative estimate of drug-likeness (QED) is 0.548. The molecule has 0 bridgehead atoms. The van der Waals surface area contributed by atoms with E-state index in [0.29, 0.717) is 16.3 Å². The van der Waals surface area contributed by atoms with Crippen molar-refractivity contribution in [3.05, 3.63) is 34.3 Å². The summed E-state index contributed by atoms with van der Waals surface area (Å²) in [6.07, 6.45) is -1.21. The fourth-order valence-corrected chi connectivity index (χ4v) is 2.85. The van der Waals surface area contributed by atoms with Crippen LogP contribution in [0.4, 0.5) is 9.59 Å². The zero-order chi connectivity index (χ0) is 21.0. The SMILES string of the molecule is CC(C)(C)OC(=O)NN(C(=O)OC(C)(C)C)[C@](C)(C=O)c1ccccc1Br. The number of amides is 2. The highest BCUT2D eigenvalue weighted by Gasteiger charge is 2.42. The third-order valence-electron chi connectivity index (χ3n) is 3.29. The summed E-state index contributed by atoms with van der Waals surface area (Å²) in [6.45, 7) is 11.6. The zero-order valence-corrected chi connectivity index (χ0v) is 18.3. The van der Waals surface area contributed by atoms with Crippen LogP contribution in [0, 0.1) is 0 Å². The molecule has 0 saturated carbocycles. The van der Waals surface area contributed by atoms with E-state index < -0.39 is 28.9 Å². The van der Waals surface area contributed by atoms with Crippen molar-refractivity contribution in [3.8, 4) is 0 Å². The summed E-state index contributed by atoms with van der Waals surface area (Å²) in [4.78, 5) is 37.2. The maximum Gasteiger partial charge on any atom is 0.430 e. The molecule has 1 atom stereocenters. The van der Waals surface area contributed by atoms with E-state index in [9.17, 15) is 14.4 Å². The number of hydrogen-bond acceptors (Lipinski definition) is 5. The van der Waals surface area contributed by atoms with Gasteiger partial charge >= 0.3 is 12.2 Å². The molecule has 2 amide bonds. The summed E-state index contributed by atoms with van der Waals surface area (Å²) >= 11 is 3.39. The minimum atomic E-state index is -1.54. The van der Waals surface area contributed by atoms with Crippen LogP contribution < -0.4 is 5.43 Å². The van der Waals surface area contributed by atoms with Gasteiger partial charge in [0.15, 0.2) is 6.29 Å². The minimum Gasteiger partial charge on any atom is -0.443 e. The summed E-state index contributed by atoms with van der Waals surface area (Å²) in [7, 11) is 0. The van der Waals surface area contributed by atoms with Crippen LogP contribution in [-0.4, -0.2) is 34.7 Å². The van der Waals surface area contributed by atoms with Crippen molar-refractivity contribution < 1.29 is 23.9 Å². The number of nitrogens with one attached hydrogen (secondary N) is 1. The van der Waals surface area contributed by atoms with Crippen molar-refractivity contribution in [1.82, 2.24) is 10.4 Å². The first kappa shape index (κ1) is 23.0. The summed E-state index contributed by atoms with van der Waals surface area (Å²) in [5, 5.41) is 0.847. The van der Waals surface area contributed by atoms with Crippen LogP contribution in [0.5, 0.6) is 0 Å². The molecule has 7 nitrogen and oxygen atoms in total. The van der Waals surface area contributed by atoms with Crippen LogP contribution in [0.2, 0.25) is 0 Å². The third kappa shape index (κ3) is 6.53. The molecule has 0 radical (unpaired) electrons. The van der Waals surface area contributed by atoms with Crippen molar-refractivity contribution in [2.45, 2.75) is 65.2 Å². The number of hydrazine groups is 1. The number of rotatable bonds is 3. The Hall–Kier alpha value is -2.09. The van der Waals surface area contributed by atoms with Crippen molar-refractivity contribution in [2.24, 2.45) is 0 Å². The second-order valence-electron chi connectivity index (χ2n) is 8.17. The summed E-state index contributed by atoms with van der Waals surface area (Å²) in [6, 6.07) is 6.91. The van der Waals surface area contributed by atoms with Crippen LogP contribution in [0.1, 0.15) is 54.0 Å². The molecule has 1 rings (SSSR count). The van der Waals surface area contributed by atoms with E-state index in [1.165, 1.54) is 6.92 Å². The van der Waals surface area contributed by atoms with Gasteiger partial charge in [-0.2, -0.15) is 5.01 Å². The van der Waals surface area contributed by atoms with E-state index in [2.05, 4.69) is 21.4 Å². The monoisotopic (exact) mass is 442 g/mol. The molecule has 0 aliphatic rings. The zero-order valence-electron chi connectivity index (χ0n) is 16.8. The first-order valence-corrected chi connectivity index (χ1v) is 9.23. The van der Waals surface area contributed by atoms with Gasteiger partial charge in [0, 0.05) is 10.0 Å². The molecule has 1 N–H and O–H groups in total. The van der Waals surface area contributed by atoms with Gasteiger partial charge in [0.1, 0.15) is 16.7 Å². The van der Waals surface area contributed by atoms with Gasteiger partial charge in [-0.25, -0.2) is 15.0 Å². The number of aldehydes is 1. The average molecular weight is 443 g/mol. The van der Waals surface area contributed by atoms with Crippen LogP contribution in [-0.2, 0) is 19.8 Å². The van der Waals surface area contributed by atoms with Crippen LogP contribution >= 0.6 is 15.9 Å². The number of carbonyl (C=O) groups is 3. The standard InChI is InChI=1S/C19H27BrN2O5/c1-17(2,3)26-15(24)21-22(16(25)27-18(4,5)6)19(7,12-23)13-10-8-9-11-14(13)20/h8-12H,1-7H3,(H,21,24)/t19-/m1/s1. The van der Waals surface area contributed by atoms with Crippen LogP contribution in [0.25, 0.3) is 0 Å². The Balaban J connectivity index is 3.37. The van der Waals surface area contributed by atoms with Gasteiger partial charge in [0.05, 0.1) is 0 Å². The molecule has 0 aliphatic carbocycles. The largest absolute Gasteiger partial charge is 0.443 e. The Kier molecular flexibility index (Phi) is 7.05. The van der Waals surface area contributed by atoms with Crippen LogP contribution in [0.15, 0.2) is 28.7 Å². The minimum absolute atomic E-state index is 0.474. The van der Waals surface area contributed by atoms with Gasteiger partial charge in [0.2, 0.25) is 0 Å². The van der Waals surface area contributed by atoms with E-state index in [4.69, 9.17) is 9.47 Å². The molecular formula is C19H27BrN2O5. The third-order valence-corrected chi connectivity index (χ3v) is 3.98. The number of hydrogen-bond donors (Lipinski definition) is 1. The Morgan fingerprint density at radius 3 is 1.96 bits per heavy atom. The molecule has 0 saturated heterocycles. The van der Waals surface area contributed by atoms with Gasteiger partial charge in [-0.15, -0.1) is 0 Å². The normalized spacial score (nSPS) is 13.9. The van der Waals surface area contributed by atoms with E-state index in [1.54, 1.807) is 65.8 Å². The van der Waals surface area contributed by atoms with Gasteiger partial charge in [0.25, 0.3) is 0 Å². The average Bonchev–Trinajstić information content (AvgIpc) is 2.49. The highest BCUT2D eigenvalue weighted by atomic mass is 79.9. The maximum atomic E-state index is 12.8. The molecule has 0 spiro atoms. The Morgan fingerprint density at radius 2 is 1.52 bits per heavy atom. The van der Waals surface area contributed by atoms with Crippen LogP contribution in [0.3, 0.4) is 0 Å². The number of nitrogens with zero attached hydrogens (tertiary/aromatic N) is 1. The fraction of sp³-hybridized carbons (Fsp3) is 0.526. The molecule has 0 fully saturated rings. The van der Waals surface area contributed by atoms with Gasteiger partial charge in [-0.3, -0.25) is 0 Å². The number of ether oxygens (including phenoxy) is 2. The lowest BCUT2D eigenvalue weighted by Crippen LogP contribution is -2.59. The van der Waals surface area contributed by atoms with E-state index in [-0.39, 0.29) is 0 Å². The Labute approximate surface area is 168 Å². The van der Waals surface area contributed by atoms with Crippen molar-refractivity contribution >= 4 is 34.4 Å². The molecule has 27 heavy (non-hydrogen) atoms. The highest BCUT2D eigenvalue weighted by Crippen LogP contribution is 2.32. The molecule has 0 aliphatic heterocycles. The van der Waals surface area contributed by atoms with Gasteiger partial charge in [-0.1, -0.05) is 34.1 Å². The molecular weight excluding hydrogens is 416 g/mol. The predicted octanol–water partition coefficient (Wildman–Crippen LogP) is 4.54. The van der Waals surface area contributed by atoms with E-state index in [0.717, 1.165) is 5.01 Å². The summed E-state index contributed by atoms with van der Waals surface area (Å²) in [5.74, 6) is 0. The number of benzene rings is 1. The lowest BCUT2D eigenvalue weighted by Gasteiger charge is -2.38. The van der Waals surface area contributed by atoms with E-state index >= 15 is 0 Å². The van der Waals surface area contributed by atoms with Crippen molar-refractivity contribution in [3.63, 3.8) is 0 Å². The van der Waals surface area contributed by atoms with Gasteiger partial charge in [-0.05, 0) is 54.5 Å². The molecule has 1 aromatic carbocycles. The Morgan fingerprint density at radius 1 is 1.00 bits per heavy atom. The fourth-order valence-electron chi connectivity index (χ4n) is 2.16. The first-order valence-electron chi connectivity index (χ1n) is 8.44. The molecule has 150 valence electrons. The second-order valence-corrected chi connectivity index (χ2v) is 9.03. The molecule has 1 aromatic rings. The topological polar surface area (TPSA) is 84.9 Å². The van der Waals surface area contributed by atoms with Crippen molar-refractivity contribution in [1.29, 1.82) is 0 Å². The summed E-state index contributed by atoms with van der Waals surface area (Å²) < 4.78 is 11.2. The second kappa shape index (κ2) is 8.29. The number of halogens is 1. The smallest absolute Gasteiger partial charge is 0.430 e. The van der Waals surface area contributed by atoms with Gasteiger partial charge < -0.3 is 14.3 Å². The van der Waals surface area contributed by atoms with E-state index in [1.807, 2.05) is 0 Å². The maximum absolute atomic E-state index is 12.8. The highest BCUT2D eigenvalue weighted by molar-refractivity contribution is 9.10. The lowest BCUT2D eigenvalue weighted by molar-refractivity contribution is -0.120. The Bertz CT molecular complexity index is 709.